The number of methoxy groups -OCH3 is 1. The van der Waals surface area contributed by atoms with E-state index in [2.05, 4.69) is 12.2 Å². The van der Waals surface area contributed by atoms with Crippen LogP contribution in [0.15, 0.2) is 41.0 Å². The smallest absolute Gasteiger partial charge is 0.374 e. The van der Waals surface area contributed by atoms with Gasteiger partial charge in [0.25, 0.3) is 0 Å². The van der Waals surface area contributed by atoms with Crippen molar-refractivity contribution in [2.75, 3.05) is 7.11 Å². The summed E-state index contributed by atoms with van der Waals surface area (Å²) in [6.07, 6.45) is 2.40. The Kier molecular flexibility index (Phi) is 5.42. The first kappa shape index (κ1) is 15.6. The first-order chi connectivity index (χ1) is 10.2. The van der Waals surface area contributed by atoms with E-state index in [1.807, 2.05) is 24.3 Å². The number of hydrogen-bond acceptors (Lipinski definition) is 4. The minimum absolute atomic E-state index is 0.157. The molecule has 0 aliphatic carbocycles. The fraction of sp³-hybridized carbons (Fsp3) is 0.312. The summed E-state index contributed by atoms with van der Waals surface area (Å²) < 4.78 is 9.86. The summed E-state index contributed by atoms with van der Waals surface area (Å²) in [5.41, 5.74) is 1.90. The Morgan fingerprint density at radius 2 is 2.24 bits per heavy atom. The van der Waals surface area contributed by atoms with Gasteiger partial charge in [-0.25, -0.2) is 4.79 Å². The van der Waals surface area contributed by atoms with E-state index in [1.54, 1.807) is 6.07 Å². The molecule has 0 aliphatic rings. The number of nitrogens with one attached hydrogen (secondary N) is 1. The van der Waals surface area contributed by atoms with Crippen molar-refractivity contribution >= 4 is 17.6 Å². The zero-order valence-electron chi connectivity index (χ0n) is 12.1. The Morgan fingerprint density at radius 3 is 2.90 bits per heavy atom. The lowest BCUT2D eigenvalue weighted by molar-refractivity contribution is 0.0563. The largest absolute Gasteiger partial charge is 0.463 e. The van der Waals surface area contributed by atoms with Crippen molar-refractivity contribution in [1.29, 1.82) is 0 Å². The average molecular weight is 308 g/mol. The molecule has 0 radical (unpaired) electrons. The van der Waals surface area contributed by atoms with Crippen LogP contribution in [0.4, 0.5) is 0 Å². The first-order valence-electron chi connectivity index (χ1n) is 6.79. The molecule has 5 heteroatoms. The Balaban J connectivity index is 2.07. The minimum atomic E-state index is -0.465. The normalized spacial score (nSPS) is 12.1. The molecule has 0 spiro atoms. The van der Waals surface area contributed by atoms with Crippen molar-refractivity contribution < 1.29 is 13.9 Å². The van der Waals surface area contributed by atoms with E-state index >= 15 is 0 Å². The standard InChI is InChI=1S/C16H18ClNO3/c1-3-14(11-5-4-6-13(17)9-11)18-10-12-7-8-21-15(12)16(19)20-2/h4-9,14,18H,3,10H2,1-2H3. The molecule has 0 fully saturated rings. The molecule has 0 aliphatic heterocycles. The second-order valence-electron chi connectivity index (χ2n) is 4.66. The Morgan fingerprint density at radius 1 is 1.43 bits per heavy atom. The molecule has 0 bridgehead atoms. The molecule has 0 amide bonds. The molecule has 0 saturated heterocycles. The first-order valence-corrected chi connectivity index (χ1v) is 7.17. The quantitative estimate of drug-likeness (QED) is 0.821. The molecule has 1 aromatic carbocycles. The number of carbonyl (C=O) groups is 1. The number of benzene rings is 1. The lowest BCUT2D eigenvalue weighted by atomic mass is 10.0. The highest BCUT2D eigenvalue weighted by Crippen LogP contribution is 2.21. The van der Waals surface area contributed by atoms with Gasteiger partial charge in [-0.2, -0.15) is 0 Å². The van der Waals surface area contributed by atoms with Crippen molar-refractivity contribution in [2.24, 2.45) is 0 Å². The molecule has 0 saturated carbocycles. The van der Waals surface area contributed by atoms with Crippen LogP contribution in [0.3, 0.4) is 0 Å². The van der Waals surface area contributed by atoms with E-state index in [0.717, 1.165) is 17.5 Å². The third-order valence-corrected chi connectivity index (χ3v) is 3.55. The van der Waals surface area contributed by atoms with Crippen LogP contribution in [0.2, 0.25) is 5.02 Å². The highest BCUT2D eigenvalue weighted by molar-refractivity contribution is 6.30. The Labute approximate surface area is 129 Å². The molecule has 112 valence electrons. The average Bonchev–Trinajstić information content (AvgIpc) is 2.96. The van der Waals surface area contributed by atoms with Crippen LogP contribution in [0.5, 0.6) is 0 Å². The summed E-state index contributed by atoms with van der Waals surface area (Å²) >= 11 is 6.03. The van der Waals surface area contributed by atoms with Crippen molar-refractivity contribution in [3.05, 3.63) is 58.5 Å². The fourth-order valence-electron chi connectivity index (χ4n) is 2.20. The second-order valence-corrected chi connectivity index (χ2v) is 5.10. The molecule has 4 nitrogen and oxygen atoms in total. The summed E-state index contributed by atoms with van der Waals surface area (Å²) in [5.74, 6) is -0.224. The molecule has 2 aromatic rings. The Bertz CT molecular complexity index is 609. The van der Waals surface area contributed by atoms with Gasteiger partial charge in [-0.1, -0.05) is 30.7 Å². The Hall–Kier alpha value is -1.78. The third kappa shape index (κ3) is 3.86. The highest BCUT2D eigenvalue weighted by atomic mass is 35.5. The van der Waals surface area contributed by atoms with Crippen molar-refractivity contribution in [1.82, 2.24) is 5.32 Å². The molecular weight excluding hydrogens is 290 g/mol. The lowest BCUT2D eigenvalue weighted by Gasteiger charge is -2.17. The molecule has 1 N–H and O–H groups in total. The third-order valence-electron chi connectivity index (χ3n) is 3.32. The predicted octanol–water partition coefficient (Wildman–Crippen LogP) is 3.96. The topological polar surface area (TPSA) is 51.5 Å². The van der Waals surface area contributed by atoms with Gasteiger partial charge in [-0.15, -0.1) is 0 Å². The maximum atomic E-state index is 11.6. The van der Waals surface area contributed by atoms with Crippen LogP contribution in [-0.2, 0) is 11.3 Å². The lowest BCUT2D eigenvalue weighted by Crippen LogP contribution is -2.21. The van der Waals surface area contributed by atoms with Crippen molar-refractivity contribution in [3.63, 3.8) is 0 Å². The number of rotatable bonds is 6. The van der Waals surface area contributed by atoms with Gasteiger partial charge in [0.15, 0.2) is 0 Å². The van der Waals surface area contributed by atoms with E-state index in [4.69, 9.17) is 20.8 Å². The SMILES string of the molecule is CCC(NCc1ccoc1C(=O)OC)c1cccc(Cl)c1. The summed E-state index contributed by atoms with van der Waals surface area (Å²) in [4.78, 5) is 11.6. The van der Waals surface area contributed by atoms with E-state index in [1.165, 1.54) is 13.4 Å². The number of furan rings is 1. The van der Waals surface area contributed by atoms with Crippen LogP contribution in [0.25, 0.3) is 0 Å². The van der Waals surface area contributed by atoms with Crippen molar-refractivity contribution in [2.45, 2.75) is 25.9 Å². The maximum Gasteiger partial charge on any atom is 0.374 e. The van der Waals surface area contributed by atoms with Gasteiger partial charge in [-0.3, -0.25) is 0 Å². The molecule has 1 heterocycles. The van der Waals surface area contributed by atoms with Gasteiger partial charge in [-0.05, 0) is 30.2 Å². The highest BCUT2D eigenvalue weighted by Gasteiger charge is 2.17. The van der Waals surface area contributed by atoms with Gasteiger partial charge in [0.2, 0.25) is 5.76 Å². The zero-order chi connectivity index (χ0) is 15.2. The molecular formula is C16H18ClNO3. The summed E-state index contributed by atoms with van der Waals surface area (Å²) in [6, 6.07) is 9.68. The fourth-order valence-corrected chi connectivity index (χ4v) is 2.40. The predicted molar refractivity (Wildman–Crippen MR) is 81.4 cm³/mol. The molecule has 2 rings (SSSR count). The number of ether oxygens (including phenoxy) is 1. The minimum Gasteiger partial charge on any atom is -0.463 e. The molecule has 1 unspecified atom stereocenters. The van der Waals surface area contributed by atoms with Gasteiger partial charge in [0, 0.05) is 23.2 Å². The van der Waals surface area contributed by atoms with Crippen LogP contribution in [0, 0.1) is 0 Å². The van der Waals surface area contributed by atoms with E-state index in [9.17, 15) is 4.79 Å². The van der Waals surface area contributed by atoms with Crippen molar-refractivity contribution in [3.8, 4) is 0 Å². The summed E-state index contributed by atoms with van der Waals surface area (Å²) in [5, 5.41) is 4.12. The molecule has 21 heavy (non-hydrogen) atoms. The van der Waals surface area contributed by atoms with E-state index < -0.39 is 5.97 Å². The van der Waals surface area contributed by atoms with Crippen LogP contribution < -0.4 is 5.32 Å². The van der Waals surface area contributed by atoms with Gasteiger partial charge in [0.1, 0.15) is 0 Å². The molecule has 1 atom stereocenters. The van der Waals surface area contributed by atoms with Crippen LogP contribution in [0.1, 0.15) is 41.1 Å². The van der Waals surface area contributed by atoms with E-state index in [-0.39, 0.29) is 11.8 Å². The van der Waals surface area contributed by atoms with Gasteiger partial charge in [0.05, 0.1) is 13.4 Å². The maximum absolute atomic E-state index is 11.6. The monoisotopic (exact) mass is 307 g/mol. The number of carbonyl (C=O) groups excluding carboxylic acids is 1. The van der Waals surface area contributed by atoms with Crippen LogP contribution >= 0.6 is 11.6 Å². The number of halogens is 1. The summed E-state index contributed by atoms with van der Waals surface area (Å²) in [7, 11) is 1.34. The van der Waals surface area contributed by atoms with Gasteiger partial charge >= 0.3 is 5.97 Å². The number of hydrogen-bond donors (Lipinski definition) is 1. The summed E-state index contributed by atoms with van der Waals surface area (Å²) in [6.45, 7) is 2.61. The molecule has 1 aromatic heterocycles. The number of esters is 1. The van der Waals surface area contributed by atoms with Crippen LogP contribution in [-0.4, -0.2) is 13.1 Å². The zero-order valence-corrected chi connectivity index (χ0v) is 12.8. The second kappa shape index (κ2) is 7.29. The van der Waals surface area contributed by atoms with E-state index in [0.29, 0.717) is 11.6 Å². The van der Waals surface area contributed by atoms with Gasteiger partial charge < -0.3 is 14.5 Å².